The number of para-hydroxylation sites is 1. The van der Waals surface area contributed by atoms with E-state index in [4.69, 9.17) is 5.73 Å². The molecule has 0 saturated carbocycles. The van der Waals surface area contributed by atoms with Gasteiger partial charge in [0.15, 0.2) is 11.9 Å². The van der Waals surface area contributed by atoms with Gasteiger partial charge in [-0.2, -0.15) is 0 Å². The molecule has 5 nitrogen and oxygen atoms in total. The Kier molecular flexibility index (Phi) is 3.99. The lowest BCUT2D eigenvalue weighted by Crippen LogP contribution is -2.44. The van der Waals surface area contributed by atoms with Crippen LogP contribution in [-0.4, -0.2) is 30.1 Å². The number of benzene rings is 1. The van der Waals surface area contributed by atoms with Gasteiger partial charge in [-0.25, -0.2) is 0 Å². The fourth-order valence-corrected chi connectivity index (χ4v) is 2.36. The number of fused-ring (bicyclic) bond motifs is 1. The van der Waals surface area contributed by atoms with Crippen LogP contribution in [0.25, 0.3) is 0 Å². The summed E-state index contributed by atoms with van der Waals surface area (Å²) >= 11 is 0. The van der Waals surface area contributed by atoms with Gasteiger partial charge in [0.05, 0.1) is 12.2 Å². The molecule has 0 bridgehead atoms. The predicted octanol–water partition coefficient (Wildman–Crippen LogP) is 1.41. The molecular formula is C15H19N3O2. The Bertz CT molecular complexity index is 593. The van der Waals surface area contributed by atoms with E-state index < -0.39 is 6.17 Å². The largest absolute Gasteiger partial charge is 0.302 e. The van der Waals surface area contributed by atoms with E-state index >= 15 is 0 Å². The Morgan fingerprint density at radius 2 is 2.10 bits per heavy atom. The Labute approximate surface area is 118 Å². The summed E-state index contributed by atoms with van der Waals surface area (Å²) in [7, 11) is 0. The molecule has 1 heterocycles. The highest BCUT2D eigenvalue weighted by Crippen LogP contribution is 2.29. The van der Waals surface area contributed by atoms with Crippen LogP contribution in [0.2, 0.25) is 0 Å². The molecule has 1 aliphatic heterocycles. The van der Waals surface area contributed by atoms with Crippen molar-refractivity contribution in [3.8, 4) is 0 Å². The van der Waals surface area contributed by atoms with E-state index in [0.717, 1.165) is 22.5 Å². The highest BCUT2D eigenvalue weighted by Gasteiger charge is 2.30. The second-order valence-corrected chi connectivity index (χ2v) is 4.95. The number of carbonyl (C=O) groups excluding carboxylic acids is 2. The van der Waals surface area contributed by atoms with E-state index in [1.165, 1.54) is 4.90 Å². The van der Waals surface area contributed by atoms with Crippen LogP contribution in [0.15, 0.2) is 23.2 Å². The number of benzodiazepines with no additional fused rings is 1. The molecule has 2 rings (SSSR count). The summed E-state index contributed by atoms with van der Waals surface area (Å²) in [6.45, 7) is 5.57. The lowest BCUT2D eigenvalue weighted by molar-refractivity contribution is -0.123. The fourth-order valence-electron chi connectivity index (χ4n) is 2.36. The van der Waals surface area contributed by atoms with Crippen molar-refractivity contribution in [1.29, 1.82) is 0 Å². The molecule has 1 aromatic carbocycles. The Hall–Kier alpha value is -2.01. The van der Waals surface area contributed by atoms with E-state index in [-0.39, 0.29) is 18.2 Å². The summed E-state index contributed by atoms with van der Waals surface area (Å²) in [4.78, 5) is 29.9. The molecule has 1 atom stereocenters. The third kappa shape index (κ3) is 2.49. The minimum atomic E-state index is -0.952. The first kappa shape index (κ1) is 14.4. The number of nitrogens with two attached hydrogens (primary N) is 1. The minimum Gasteiger partial charge on any atom is -0.302 e. The maximum atomic E-state index is 12.4. The van der Waals surface area contributed by atoms with Gasteiger partial charge in [-0.3, -0.25) is 14.6 Å². The van der Waals surface area contributed by atoms with Crippen molar-refractivity contribution in [1.82, 2.24) is 0 Å². The summed E-state index contributed by atoms with van der Waals surface area (Å²) in [5.41, 5.74) is 9.07. The third-order valence-corrected chi connectivity index (χ3v) is 3.48. The van der Waals surface area contributed by atoms with Gasteiger partial charge >= 0.3 is 0 Å². The second-order valence-electron chi connectivity index (χ2n) is 4.95. The van der Waals surface area contributed by atoms with Crippen LogP contribution in [0.4, 0.5) is 5.69 Å². The molecule has 1 aromatic rings. The highest BCUT2D eigenvalue weighted by atomic mass is 16.2. The van der Waals surface area contributed by atoms with Gasteiger partial charge in [-0.1, -0.05) is 25.1 Å². The molecule has 106 valence electrons. The van der Waals surface area contributed by atoms with Gasteiger partial charge in [0.1, 0.15) is 0 Å². The van der Waals surface area contributed by atoms with Crippen molar-refractivity contribution >= 4 is 23.1 Å². The van der Waals surface area contributed by atoms with Crippen molar-refractivity contribution < 1.29 is 9.59 Å². The van der Waals surface area contributed by atoms with Gasteiger partial charge in [0, 0.05) is 17.7 Å². The molecule has 0 radical (unpaired) electrons. The Morgan fingerprint density at radius 1 is 1.40 bits per heavy atom. The van der Waals surface area contributed by atoms with Crippen LogP contribution >= 0.6 is 0 Å². The zero-order valence-corrected chi connectivity index (χ0v) is 12.0. The number of nitrogens with zero attached hydrogens (tertiary/aromatic N) is 2. The molecule has 2 N–H and O–H groups in total. The molecule has 0 saturated heterocycles. The smallest absolute Gasteiger partial charge is 0.266 e. The summed E-state index contributed by atoms with van der Waals surface area (Å²) in [6, 6.07) is 5.73. The molecular weight excluding hydrogens is 254 g/mol. The van der Waals surface area contributed by atoms with Gasteiger partial charge < -0.3 is 10.6 Å². The number of hydrogen-bond donors (Lipinski definition) is 1. The van der Waals surface area contributed by atoms with Crippen molar-refractivity contribution in [3.05, 3.63) is 29.3 Å². The molecule has 1 aliphatic rings. The average Bonchev–Trinajstić information content (AvgIpc) is 2.51. The first-order valence-electron chi connectivity index (χ1n) is 6.68. The molecule has 0 spiro atoms. The number of aryl methyl sites for hydroxylation is 1. The van der Waals surface area contributed by atoms with E-state index in [0.29, 0.717) is 6.42 Å². The molecule has 0 fully saturated rings. The Morgan fingerprint density at radius 3 is 2.75 bits per heavy atom. The first-order chi connectivity index (χ1) is 9.45. The molecule has 1 amide bonds. The van der Waals surface area contributed by atoms with Crippen LogP contribution in [0.1, 0.15) is 31.4 Å². The van der Waals surface area contributed by atoms with Crippen LogP contribution < -0.4 is 10.6 Å². The number of amides is 1. The summed E-state index contributed by atoms with van der Waals surface area (Å²) in [5, 5.41) is 0. The lowest BCUT2D eigenvalue weighted by Gasteiger charge is -2.25. The van der Waals surface area contributed by atoms with Gasteiger partial charge in [0.2, 0.25) is 0 Å². The van der Waals surface area contributed by atoms with Crippen LogP contribution in [0, 0.1) is 6.92 Å². The quantitative estimate of drug-likeness (QED) is 0.904. The molecule has 0 aromatic heterocycles. The van der Waals surface area contributed by atoms with Gasteiger partial charge in [-0.05, 0) is 19.4 Å². The first-order valence-corrected chi connectivity index (χ1v) is 6.68. The number of aliphatic imine (C=N–C) groups is 1. The zero-order valence-electron chi connectivity index (χ0n) is 12.0. The van der Waals surface area contributed by atoms with Crippen molar-refractivity contribution in [3.63, 3.8) is 0 Å². The molecule has 20 heavy (non-hydrogen) atoms. The SMILES string of the molecule is CCC(=O)CN1C(=O)[C@@H](N)N=C(C)c2cccc(C)c21. The number of anilines is 1. The summed E-state index contributed by atoms with van der Waals surface area (Å²) in [6.07, 6.45) is -0.563. The van der Waals surface area contributed by atoms with E-state index in [9.17, 15) is 9.59 Å². The van der Waals surface area contributed by atoms with Crippen LogP contribution in [0.3, 0.4) is 0 Å². The Balaban J connectivity index is 2.59. The number of hydrogen-bond acceptors (Lipinski definition) is 4. The van der Waals surface area contributed by atoms with E-state index in [2.05, 4.69) is 4.99 Å². The minimum absolute atomic E-state index is 0.000642. The summed E-state index contributed by atoms with van der Waals surface area (Å²) in [5.74, 6) is -0.335. The number of carbonyl (C=O) groups is 2. The van der Waals surface area contributed by atoms with E-state index in [1.807, 2.05) is 32.0 Å². The second kappa shape index (κ2) is 5.54. The fraction of sp³-hybridized carbons (Fsp3) is 0.400. The maximum Gasteiger partial charge on any atom is 0.266 e. The molecule has 0 unspecified atom stereocenters. The predicted molar refractivity (Wildman–Crippen MR) is 79.0 cm³/mol. The lowest BCUT2D eigenvalue weighted by atomic mass is 10.0. The zero-order chi connectivity index (χ0) is 14.9. The van der Waals surface area contributed by atoms with Gasteiger partial charge in [-0.15, -0.1) is 0 Å². The monoisotopic (exact) mass is 273 g/mol. The number of rotatable bonds is 3. The van der Waals surface area contributed by atoms with E-state index in [1.54, 1.807) is 6.92 Å². The standard InChI is InChI=1S/C15H19N3O2/c1-4-11(19)8-18-13-9(2)6-5-7-12(13)10(3)17-14(16)15(18)20/h5-7,14H,4,8,16H2,1-3H3/t14-/m0/s1. The number of ketones is 1. The van der Waals surface area contributed by atoms with Crippen LogP contribution in [0.5, 0.6) is 0 Å². The molecule has 0 aliphatic carbocycles. The van der Waals surface area contributed by atoms with Crippen molar-refractivity contribution in [2.24, 2.45) is 10.7 Å². The topological polar surface area (TPSA) is 75.8 Å². The van der Waals surface area contributed by atoms with Crippen molar-refractivity contribution in [2.75, 3.05) is 11.4 Å². The third-order valence-electron chi connectivity index (χ3n) is 3.48. The maximum absolute atomic E-state index is 12.4. The average molecular weight is 273 g/mol. The van der Waals surface area contributed by atoms with Gasteiger partial charge in [0.25, 0.3) is 5.91 Å². The van der Waals surface area contributed by atoms with Crippen molar-refractivity contribution in [2.45, 2.75) is 33.4 Å². The normalized spacial score (nSPS) is 18.4. The summed E-state index contributed by atoms with van der Waals surface area (Å²) < 4.78 is 0. The number of Topliss-reactive ketones (excluding diaryl/α,β-unsaturated/α-hetero) is 1. The highest BCUT2D eigenvalue weighted by molar-refractivity contribution is 6.13. The molecule has 5 heteroatoms. The van der Waals surface area contributed by atoms with Crippen LogP contribution in [-0.2, 0) is 9.59 Å².